The van der Waals surface area contributed by atoms with Crippen LogP contribution in [0.2, 0.25) is 0 Å². The molecule has 0 saturated carbocycles. The van der Waals surface area contributed by atoms with Gasteiger partial charge in [-0.15, -0.1) is 0 Å². The summed E-state index contributed by atoms with van der Waals surface area (Å²) in [7, 11) is 0. The molecule has 4 heterocycles. The molecule has 58 heavy (non-hydrogen) atoms. The first-order chi connectivity index (χ1) is 28.8. The molecule has 0 atom stereocenters. The summed E-state index contributed by atoms with van der Waals surface area (Å²) in [6, 6.07) is 72.2. The molecule has 12 rings (SSSR count). The Balaban J connectivity index is 0.996. The van der Waals surface area contributed by atoms with Crippen molar-refractivity contribution in [1.82, 2.24) is 18.7 Å². The summed E-state index contributed by atoms with van der Waals surface area (Å²) in [4.78, 5) is 6.85. The third-order valence-corrected chi connectivity index (χ3v) is 11.7. The fraction of sp³-hybridized carbons (Fsp3) is 0. The van der Waals surface area contributed by atoms with Crippen molar-refractivity contribution in [2.24, 2.45) is 0 Å². The molecule has 12 aromatic rings. The van der Waals surface area contributed by atoms with Crippen LogP contribution in [0, 0.1) is 0 Å². The van der Waals surface area contributed by atoms with Crippen molar-refractivity contribution in [3.05, 3.63) is 213 Å². The van der Waals surface area contributed by atoms with E-state index in [0.29, 0.717) is 0 Å². The van der Waals surface area contributed by atoms with Gasteiger partial charge in [-0.25, -0.2) is 0 Å². The van der Waals surface area contributed by atoms with Crippen LogP contribution >= 0.6 is 0 Å². The van der Waals surface area contributed by atoms with Crippen molar-refractivity contribution in [2.45, 2.75) is 0 Å². The first-order valence-electron chi connectivity index (χ1n) is 19.7. The van der Waals surface area contributed by atoms with Crippen molar-refractivity contribution >= 4 is 82.5 Å². The van der Waals surface area contributed by atoms with E-state index in [1.54, 1.807) is 0 Å². The maximum Gasteiger partial charge on any atom is 0.0724 e. The zero-order chi connectivity index (χ0) is 38.2. The SMILES string of the molecule is c1ccc2c(c1)c1ccccc1n2-c1ccc(N(c2ccc(-n3c4ccccc4c4ccccc43)cc2)c2ccc(-n3c4ccccc4c4ccncc43)cc2)cc1. The van der Waals surface area contributed by atoms with Gasteiger partial charge in [-0.2, -0.15) is 0 Å². The van der Waals surface area contributed by atoms with Gasteiger partial charge in [-0.3, -0.25) is 4.98 Å². The zero-order valence-electron chi connectivity index (χ0n) is 31.4. The van der Waals surface area contributed by atoms with E-state index in [1.165, 1.54) is 54.4 Å². The number of rotatable bonds is 6. The highest BCUT2D eigenvalue weighted by Gasteiger charge is 2.18. The maximum absolute atomic E-state index is 4.50. The van der Waals surface area contributed by atoms with E-state index < -0.39 is 0 Å². The first-order valence-corrected chi connectivity index (χ1v) is 19.7. The van der Waals surface area contributed by atoms with Gasteiger partial charge in [-0.1, -0.05) is 91.0 Å². The van der Waals surface area contributed by atoms with Crippen molar-refractivity contribution in [1.29, 1.82) is 0 Å². The van der Waals surface area contributed by atoms with Gasteiger partial charge in [0.2, 0.25) is 0 Å². The summed E-state index contributed by atoms with van der Waals surface area (Å²) in [5, 5.41) is 7.44. The summed E-state index contributed by atoms with van der Waals surface area (Å²) < 4.78 is 7.05. The van der Waals surface area contributed by atoms with E-state index in [9.17, 15) is 0 Å². The minimum absolute atomic E-state index is 1.07. The van der Waals surface area contributed by atoms with E-state index in [2.05, 4.69) is 224 Å². The third-order valence-electron chi connectivity index (χ3n) is 11.7. The second kappa shape index (κ2) is 12.8. The molecule has 0 radical (unpaired) electrons. The highest BCUT2D eigenvalue weighted by Crippen LogP contribution is 2.40. The number of benzene rings is 8. The minimum atomic E-state index is 1.07. The number of hydrogen-bond acceptors (Lipinski definition) is 2. The molecule has 0 bridgehead atoms. The monoisotopic (exact) mass is 741 g/mol. The Labute approximate surface area is 334 Å². The Morgan fingerprint density at radius 3 is 0.879 bits per heavy atom. The van der Waals surface area contributed by atoms with Crippen LogP contribution in [0.1, 0.15) is 0 Å². The lowest BCUT2D eigenvalue weighted by molar-refractivity contribution is 1.15. The smallest absolute Gasteiger partial charge is 0.0724 e. The zero-order valence-corrected chi connectivity index (χ0v) is 31.4. The normalized spacial score (nSPS) is 11.8. The summed E-state index contributed by atoms with van der Waals surface area (Å²) in [6.07, 6.45) is 3.84. The van der Waals surface area contributed by atoms with E-state index in [4.69, 9.17) is 0 Å². The molecule has 4 aromatic heterocycles. The maximum atomic E-state index is 4.50. The number of para-hydroxylation sites is 5. The quantitative estimate of drug-likeness (QED) is 0.170. The largest absolute Gasteiger partial charge is 0.310 e. The number of pyridine rings is 1. The highest BCUT2D eigenvalue weighted by atomic mass is 15.1. The molecule has 0 aliphatic carbocycles. The predicted molar refractivity (Wildman–Crippen MR) is 242 cm³/mol. The predicted octanol–water partition coefficient (Wildman–Crippen LogP) is 13.8. The van der Waals surface area contributed by atoms with Crippen LogP contribution < -0.4 is 4.90 Å². The molecule has 0 N–H and O–H groups in total. The molecule has 8 aromatic carbocycles. The molecule has 272 valence electrons. The summed E-state index contributed by atoms with van der Waals surface area (Å²) in [5.41, 5.74) is 13.6. The second-order valence-corrected chi connectivity index (χ2v) is 14.9. The summed E-state index contributed by atoms with van der Waals surface area (Å²) >= 11 is 0. The Hall–Kier alpha value is -7.89. The molecular formula is C53H35N5. The number of hydrogen-bond donors (Lipinski definition) is 0. The Bertz CT molecular complexity index is 2960. The lowest BCUT2D eigenvalue weighted by atomic mass is 10.1. The molecule has 0 aliphatic heterocycles. The Kier molecular flexibility index (Phi) is 7.16. The lowest BCUT2D eigenvalue weighted by Crippen LogP contribution is -2.10. The molecule has 5 heteroatoms. The van der Waals surface area contributed by atoms with E-state index in [-0.39, 0.29) is 0 Å². The van der Waals surface area contributed by atoms with E-state index >= 15 is 0 Å². The third kappa shape index (κ3) is 4.87. The van der Waals surface area contributed by atoms with Gasteiger partial charge in [0.1, 0.15) is 0 Å². The molecule has 5 nitrogen and oxygen atoms in total. The van der Waals surface area contributed by atoms with E-state index in [0.717, 1.165) is 45.2 Å². The first kappa shape index (κ1) is 32.4. The van der Waals surface area contributed by atoms with Crippen LogP contribution in [0.5, 0.6) is 0 Å². The number of fused-ring (bicyclic) bond motifs is 9. The van der Waals surface area contributed by atoms with Crippen molar-refractivity contribution in [3.63, 3.8) is 0 Å². The van der Waals surface area contributed by atoms with Crippen LogP contribution in [0.4, 0.5) is 17.1 Å². The van der Waals surface area contributed by atoms with Crippen molar-refractivity contribution < 1.29 is 0 Å². The summed E-state index contributed by atoms with van der Waals surface area (Å²) in [6.45, 7) is 0. The standard InChI is InChI=1S/C53H35N5/c1-6-16-48-42(11-1)43-12-2-7-17-49(43)56(48)39-27-21-36(22-28-39)55(37-23-29-40(30-24-37)57-50-18-8-3-13-44(50)45-14-4-9-19-51(45)57)38-25-31-41(32-26-38)58-52-20-10-5-15-46(52)47-33-34-54-35-53(47)58/h1-35H. The average Bonchev–Trinajstić information content (AvgIpc) is 3.93. The van der Waals surface area contributed by atoms with E-state index in [1.807, 2.05) is 12.4 Å². The van der Waals surface area contributed by atoms with Crippen LogP contribution in [0.15, 0.2) is 213 Å². The molecule has 0 amide bonds. The molecule has 0 fully saturated rings. The fourth-order valence-corrected chi connectivity index (χ4v) is 9.20. The average molecular weight is 742 g/mol. The Morgan fingerprint density at radius 1 is 0.276 bits per heavy atom. The van der Waals surface area contributed by atoms with Gasteiger partial charge in [0, 0.05) is 72.6 Å². The topological polar surface area (TPSA) is 30.9 Å². The molecule has 0 saturated heterocycles. The highest BCUT2D eigenvalue weighted by molar-refractivity contribution is 6.11. The fourth-order valence-electron chi connectivity index (χ4n) is 9.20. The summed E-state index contributed by atoms with van der Waals surface area (Å²) in [5.74, 6) is 0. The number of anilines is 3. The Morgan fingerprint density at radius 2 is 0.552 bits per heavy atom. The lowest BCUT2D eigenvalue weighted by Gasteiger charge is -2.26. The van der Waals surface area contributed by atoms with Crippen LogP contribution in [-0.2, 0) is 0 Å². The molecule has 0 aliphatic rings. The van der Waals surface area contributed by atoms with Crippen LogP contribution in [-0.4, -0.2) is 18.7 Å². The molecule has 0 spiro atoms. The minimum Gasteiger partial charge on any atom is -0.310 e. The van der Waals surface area contributed by atoms with Crippen molar-refractivity contribution in [3.8, 4) is 17.1 Å². The van der Waals surface area contributed by atoms with Gasteiger partial charge < -0.3 is 18.6 Å². The van der Waals surface area contributed by atoms with Crippen LogP contribution in [0.25, 0.3) is 82.5 Å². The van der Waals surface area contributed by atoms with Crippen LogP contribution in [0.3, 0.4) is 0 Å². The van der Waals surface area contributed by atoms with Gasteiger partial charge in [0.15, 0.2) is 0 Å². The number of nitrogens with zero attached hydrogens (tertiary/aromatic N) is 5. The molecular weight excluding hydrogens is 707 g/mol. The number of aromatic nitrogens is 4. The van der Waals surface area contributed by atoms with Gasteiger partial charge in [0.25, 0.3) is 0 Å². The van der Waals surface area contributed by atoms with Gasteiger partial charge in [0.05, 0.1) is 39.3 Å². The van der Waals surface area contributed by atoms with Gasteiger partial charge in [-0.05, 0) is 109 Å². The van der Waals surface area contributed by atoms with Gasteiger partial charge >= 0.3 is 0 Å². The van der Waals surface area contributed by atoms with Crippen molar-refractivity contribution in [2.75, 3.05) is 4.90 Å². The molecule has 0 unspecified atom stereocenters. The second-order valence-electron chi connectivity index (χ2n) is 14.9.